The molecule has 2 rings (SSSR count). The molecule has 2 heterocycles. The Morgan fingerprint density at radius 1 is 1.48 bits per heavy atom. The van der Waals surface area contributed by atoms with Gasteiger partial charge in [-0.2, -0.15) is 0 Å². The van der Waals surface area contributed by atoms with E-state index in [1.165, 1.54) is 12.3 Å². The van der Waals surface area contributed by atoms with Crippen LogP contribution in [-0.4, -0.2) is 28.3 Å². The largest absolute Gasteiger partial charge is 0.461 e. The van der Waals surface area contributed by atoms with Crippen molar-refractivity contribution < 1.29 is 18.8 Å². The van der Waals surface area contributed by atoms with Crippen LogP contribution in [0.1, 0.15) is 37.7 Å². The minimum atomic E-state index is -0.947. The zero-order chi connectivity index (χ0) is 15.5. The predicted octanol–water partition coefficient (Wildman–Crippen LogP) is 2.46. The van der Waals surface area contributed by atoms with Crippen molar-refractivity contribution in [3.05, 3.63) is 30.2 Å². The van der Waals surface area contributed by atoms with Gasteiger partial charge in [0.1, 0.15) is 0 Å². The summed E-state index contributed by atoms with van der Waals surface area (Å²) in [5.41, 5.74) is -0.793. The van der Waals surface area contributed by atoms with E-state index in [2.05, 4.69) is 10.5 Å². The van der Waals surface area contributed by atoms with E-state index in [-0.39, 0.29) is 18.1 Å². The first-order valence-electron chi connectivity index (χ1n) is 6.88. The number of nitrogens with one attached hydrogen (secondary N) is 1. The van der Waals surface area contributed by atoms with Crippen LogP contribution in [0.4, 0.5) is 0 Å². The molecule has 6 heteroatoms. The van der Waals surface area contributed by atoms with Crippen LogP contribution in [0.15, 0.2) is 33.4 Å². The molecule has 0 radical (unpaired) electrons. The zero-order valence-corrected chi connectivity index (χ0v) is 12.4. The van der Waals surface area contributed by atoms with E-state index in [9.17, 15) is 9.90 Å². The maximum absolute atomic E-state index is 12.0. The van der Waals surface area contributed by atoms with E-state index in [1.54, 1.807) is 19.1 Å². The number of carbonyl (C=O) groups excluding carboxylic acids is 1. The summed E-state index contributed by atoms with van der Waals surface area (Å²) in [6.07, 6.45) is 2.12. The summed E-state index contributed by atoms with van der Waals surface area (Å²) in [5, 5.41) is 16.5. The van der Waals surface area contributed by atoms with Crippen LogP contribution in [0.5, 0.6) is 0 Å². The molecule has 0 saturated carbocycles. The normalized spacial score (nSPS) is 14.1. The fourth-order valence-electron chi connectivity index (χ4n) is 2.23. The number of furan rings is 1. The highest BCUT2D eigenvalue weighted by Gasteiger charge is 2.24. The summed E-state index contributed by atoms with van der Waals surface area (Å²) in [6.45, 7) is 5.89. The molecule has 1 amide bonds. The fourth-order valence-corrected chi connectivity index (χ4v) is 2.23. The van der Waals surface area contributed by atoms with Crippen molar-refractivity contribution in [3.63, 3.8) is 0 Å². The van der Waals surface area contributed by atoms with Gasteiger partial charge in [0.05, 0.1) is 11.9 Å². The Morgan fingerprint density at radius 3 is 2.86 bits per heavy atom. The van der Waals surface area contributed by atoms with E-state index in [0.717, 1.165) is 0 Å². The second-order valence-corrected chi connectivity index (χ2v) is 5.83. The monoisotopic (exact) mass is 292 g/mol. The summed E-state index contributed by atoms with van der Waals surface area (Å²) in [4.78, 5) is 12.0. The summed E-state index contributed by atoms with van der Waals surface area (Å²) in [7, 11) is 0. The van der Waals surface area contributed by atoms with Gasteiger partial charge in [-0.3, -0.25) is 4.79 Å². The van der Waals surface area contributed by atoms with Crippen molar-refractivity contribution in [2.75, 3.05) is 6.54 Å². The summed E-state index contributed by atoms with van der Waals surface area (Å²) in [5.74, 6) is 0.850. The lowest BCUT2D eigenvalue weighted by molar-refractivity contribution is 0.0367. The predicted molar refractivity (Wildman–Crippen MR) is 76.6 cm³/mol. The van der Waals surface area contributed by atoms with Crippen molar-refractivity contribution in [1.82, 2.24) is 10.5 Å². The van der Waals surface area contributed by atoms with Crippen LogP contribution >= 0.6 is 0 Å². The molecule has 0 fully saturated rings. The molecule has 2 aromatic rings. The van der Waals surface area contributed by atoms with E-state index in [4.69, 9.17) is 8.94 Å². The number of carbonyl (C=O) groups is 1. The maximum Gasteiger partial charge on any atom is 0.273 e. The highest BCUT2D eigenvalue weighted by Crippen LogP contribution is 2.20. The van der Waals surface area contributed by atoms with Crippen LogP contribution in [0.2, 0.25) is 0 Å². The molecule has 1 unspecified atom stereocenters. The molecule has 2 N–H and O–H groups in total. The molecule has 2 aromatic heterocycles. The number of aliphatic hydroxyl groups is 1. The molecule has 1 atom stereocenters. The number of amides is 1. The smallest absolute Gasteiger partial charge is 0.273 e. The molecule has 0 aliphatic carbocycles. The Labute approximate surface area is 123 Å². The fraction of sp³-hybridized carbons (Fsp3) is 0.467. The summed E-state index contributed by atoms with van der Waals surface area (Å²) >= 11 is 0. The highest BCUT2D eigenvalue weighted by molar-refractivity contribution is 5.92. The Balaban J connectivity index is 1.95. The summed E-state index contributed by atoms with van der Waals surface area (Å²) in [6, 6.07) is 4.95. The number of hydrogen-bond donors (Lipinski definition) is 2. The Hall–Kier alpha value is -2.08. The molecule has 0 spiro atoms. The van der Waals surface area contributed by atoms with Crippen molar-refractivity contribution >= 4 is 5.91 Å². The summed E-state index contributed by atoms with van der Waals surface area (Å²) < 4.78 is 10.2. The van der Waals surface area contributed by atoms with Crippen molar-refractivity contribution in [1.29, 1.82) is 0 Å². The number of nitrogens with zero attached hydrogens (tertiary/aromatic N) is 1. The lowest BCUT2D eigenvalue weighted by atomic mass is 9.94. The van der Waals surface area contributed by atoms with Crippen molar-refractivity contribution in [2.24, 2.45) is 5.92 Å². The molecular formula is C15H20N2O4. The van der Waals surface area contributed by atoms with Gasteiger partial charge in [-0.05, 0) is 31.4 Å². The maximum atomic E-state index is 12.0. The standard InChI is InChI=1S/C15H20N2O4/c1-10(2)8-15(3,19)9-16-14(18)11-7-13(21-17-11)12-5-4-6-20-12/h4-7,10,19H,8-9H2,1-3H3,(H,16,18). The van der Waals surface area contributed by atoms with Crippen LogP contribution < -0.4 is 5.32 Å². The Bertz CT molecular complexity index is 585. The van der Waals surface area contributed by atoms with Gasteiger partial charge >= 0.3 is 0 Å². The number of aromatic nitrogens is 1. The number of hydrogen-bond acceptors (Lipinski definition) is 5. The first-order chi connectivity index (χ1) is 9.87. The van der Waals surface area contributed by atoms with E-state index >= 15 is 0 Å². The highest BCUT2D eigenvalue weighted by atomic mass is 16.5. The van der Waals surface area contributed by atoms with Crippen LogP contribution in [0, 0.1) is 5.92 Å². The first kappa shape index (κ1) is 15.3. The van der Waals surface area contributed by atoms with Gasteiger partial charge in [0.15, 0.2) is 11.5 Å². The average Bonchev–Trinajstić information content (AvgIpc) is 3.04. The quantitative estimate of drug-likeness (QED) is 0.853. The van der Waals surface area contributed by atoms with Gasteiger partial charge in [-0.1, -0.05) is 19.0 Å². The third-order valence-corrected chi connectivity index (χ3v) is 2.98. The van der Waals surface area contributed by atoms with Gasteiger partial charge in [-0.15, -0.1) is 0 Å². The lowest BCUT2D eigenvalue weighted by Gasteiger charge is -2.25. The molecule has 0 aromatic carbocycles. The Kier molecular flexibility index (Phi) is 4.47. The SMILES string of the molecule is CC(C)CC(C)(O)CNC(=O)c1cc(-c2ccco2)on1. The van der Waals surface area contributed by atoms with Crippen LogP contribution in [0.3, 0.4) is 0 Å². The zero-order valence-electron chi connectivity index (χ0n) is 12.4. The minimum absolute atomic E-state index is 0.154. The van der Waals surface area contributed by atoms with Crippen molar-refractivity contribution in [3.8, 4) is 11.5 Å². The molecule has 114 valence electrons. The molecule has 0 aliphatic rings. The van der Waals surface area contributed by atoms with Gasteiger partial charge in [0.2, 0.25) is 5.76 Å². The second-order valence-electron chi connectivity index (χ2n) is 5.83. The van der Waals surface area contributed by atoms with Gasteiger partial charge in [0, 0.05) is 12.6 Å². The van der Waals surface area contributed by atoms with Gasteiger partial charge < -0.3 is 19.4 Å². The molecule has 21 heavy (non-hydrogen) atoms. The molecule has 6 nitrogen and oxygen atoms in total. The van der Waals surface area contributed by atoms with Gasteiger partial charge in [-0.25, -0.2) is 0 Å². The lowest BCUT2D eigenvalue weighted by Crippen LogP contribution is -2.41. The van der Waals surface area contributed by atoms with E-state index in [0.29, 0.717) is 23.9 Å². The third kappa shape index (κ3) is 4.19. The molecule has 0 bridgehead atoms. The molecule has 0 aliphatic heterocycles. The first-order valence-corrected chi connectivity index (χ1v) is 6.88. The third-order valence-electron chi connectivity index (χ3n) is 2.98. The van der Waals surface area contributed by atoms with Crippen molar-refractivity contribution in [2.45, 2.75) is 32.8 Å². The second kappa shape index (κ2) is 6.13. The van der Waals surface area contributed by atoms with Crippen LogP contribution in [-0.2, 0) is 0 Å². The van der Waals surface area contributed by atoms with Crippen LogP contribution in [0.25, 0.3) is 11.5 Å². The van der Waals surface area contributed by atoms with E-state index < -0.39 is 5.60 Å². The van der Waals surface area contributed by atoms with E-state index in [1.807, 2.05) is 13.8 Å². The Morgan fingerprint density at radius 2 is 2.24 bits per heavy atom. The van der Waals surface area contributed by atoms with Gasteiger partial charge in [0.25, 0.3) is 5.91 Å². The average molecular weight is 292 g/mol. The number of rotatable bonds is 6. The topological polar surface area (TPSA) is 88.5 Å². The minimum Gasteiger partial charge on any atom is -0.461 e. The molecule has 0 saturated heterocycles. The molecular weight excluding hydrogens is 272 g/mol.